The molecule has 0 aromatic carbocycles. The molecule has 0 bridgehead atoms. The highest BCUT2D eigenvalue weighted by atomic mass is 16.5. The molecular formula is C16H32N2O. The van der Waals surface area contributed by atoms with Crippen LogP contribution >= 0.6 is 0 Å². The van der Waals surface area contributed by atoms with Crippen LogP contribution in [0, 0.1) is 0 Å². The van der Waals surface area contributed by atoms with Gasteiger partial charge in [0.15, 0.2) is 0 Å². The molecule has 112 valence electrons. The first kappa shape index (κ1) is 15.3. The summed E-state index contributed by atoms with van der Waals surface area (Å²) >= 11 is 0. The van der Waals surface area contributed by atoms with Gasteiger partial charge in [-0.15, -0.1) is 0 Å². The van der Waals surface area contributed by atoms with Crippen LogP contribution in [-0.4, -0.2) is 49.8 Å². The molecule has 2 fully saturated rings. The lowest BCUT2D eigenvalue weighted by atomic mass is 9.97. The van der Waals surface area contributed by atoms with Crippen molar-refractivity contribution >= 4 is 0 Å². The summed E-state index contributed by atoms with van der Waals surface area (Å²) in [5.41, 5.74) is 0. The van der Waals surface area contributed by atoms with Gasteiger partial charge in [0.2, 0.25) is 0 Å². The Balaban J connectivity index is 1.94. The van der Waals surface area contributed by atoms with E-state index < -0.39 is 0 Å². The molecule has 2 atom stereocenters. The fourth-order valence-electron chi connectivity index (χ4n) is 3.71. The Bertz CT molecular complexity index is 241. The molecule has 1 N–H and O–H groups in total. The van der Waals surface area contributed by atoms with Crippen LogP contribution in [0.5, 0.6) is 0 Å². The minimum Gasteiger partial charge on any atom is -0.381 e. The van der Waals surface area contributed by atoms with Gasteiger partial charge in [-0.25, -0.2) is 0 Å². The molecule has 2 rings (SSSR count). The van der Waals surface area contributed by atoms with E-state index in [1.54, 1.807) is 0 Å². The van der Waals surface area contributed by atoms with Gasteiger partial charge in [-0.3, -0.25) is 4.90 Å². The van der Waals surface area contributed by atoms with Crippen molar-refractivity contribution in [2.45, 2.75) is 76.4 Å². The van der Waals surface area contributed by atoms with E-state index in [0.717, 1.165) is 25.3 Å². The van der Waals surface area contributed by atoms with Crippen molar-refractivity contribution in [1.82, 2.24) is 10.2 Å². The van der Waals surface area contributed by atoms with Gasteiger partial charge in [0.1, 0.15) is 0 Å². The zero-order chi connectivity index (χ0) is 13.5. The Kier molecular flexibility index (Phi) is 6.62. The van der Waals surface area contributed by atoms with Gasteiger partial charge in [0.25, 0.3) is 0 Å². The van der Waals surface area contributed by atoms with Crippen LogP contribution in [0.2, 0.25) is 0 Å². The normalized spacial score (nSPS) is 30.5. The zero-order valence-electron chi connectivity index (χ0n) is 12.9. The molecular weight excluding hydrogens is 236 g/mol. The highest BCUT2D eigenvalue weighted by Crippen LogP contribution is 2.25. The van der Waals surface area contributed by atoms with Crippen molar-refractivity contribution in [2.24, 2.45) is 0 Å². The van der Waals surface area contributed by atoms with Gasteiger partial charge in [0.05, 0.1) is 0 Å². The number of hydrogen-bond acceptors (Lipinski definition) is 3. The van der Waals surface area contributed by atoms with Crippen molar-refractivity contribution in [3.63, 3.8) is 0 Å². The lowest BCUT2D eigenvalue weighted by molar-refractivity contribution is 0.0201. The molecule has 3 nitrogen and oxygen atoms in total. The smallest absolute Gasteiger partial charge is 0.0480 e. The van der Waals surface area contributed by atoms with Gasteiger partial charge in [-0.1, -0.05) is 26.2 Å². The molecule has 0 amide bonds. The standard InChI is InChI=1S/C16H32N2O/c1-3-11-17-15-7-5-4-6-8-16(15)18(2)14-9-12-19-13-10-14/h14-17H,3-13H2,1-2H3. The van der Waals surface area contributed by atoms with Crippen LogP contribution in [-0.2, 0) is 4.74 Å². The van der Waals surface area contributed by atoms with E-state index in [9.17, 15) is 0 Å². The second-order valence-electron chi connectivity index (χ2n) is 6.27. The summed E-state index contributed by atoms with van der Waals surface area (Å²) in [6.07, 6.45) is 10.6. The average Bonchev–Trinajstić information content (AvgIpc) is 2.70. The molecule has 3 heteroatoms. The zero-order valence-corrected chi connectivity index (χ0v) is 12.9. The molecule has 1 heterocycles. The van der Waals surface area contributed by atoms with Gasteiger partial charge in [-0.05, 0) is 45.7 Å². The van der Waals surface area contributed by atoms with Gasteiger partial charge in [0, 0.05) is 31.3 Å². The quantitative estimate of drug-likeness (QED) is 0.776. The summed E-state index contributed by atoms with van der Waals surface area (Å²) in [5, 5.41) is 3.81. The predicted molar refractivity (Wildman–Crippen MR) is 80.6 cm³/mol. The average molecular weight is 268 g/mol. The van der Waals surface area contributed by atoms with Crippen molar-refractivity contribution in [3.05, 3.63) is 0 Å². The van der Waals surface area contributed by atoms with Crippen LogP contribution in [0.15, 0.2) is 0 Å². The molecule has 1 saturated carbocycles. The summed E-state index contributed by atoms with van der Waals surface area (Å²) in [5.74, 6) is 0. The maximum atomic E-state index is 5.51. The molecule has 1 saturated heterocycles. The van der Waals surface area contributed by atoms with E-state index in [1.807, 2.05) is 0 Å². The van der Waals surface area contributed by atoms with Gasteiger partial charge < -0.3 is 10.1 Å². The van der Waals surface area contributed by atoms with E-state index in [4.69, 9.17) is 4.74 Å². The Morgan fingerprint density at radius 3 is 2.53 bits per heavy atom. The first-order chi connectivity index (χ1) is 9.33. The van der Waals surface area contributed by atoms with Crippen LogP contribution in [0.3, 0.4) is 0 Å². The fraction of sp³-hybridized carbons (Fsp3) is 1.00. The van der Waals surface area contributed by atoms with Crippen molar-refractivity contribution in [2.75, 3.05) is 26.8 Å². The molecule has 0 spiro atoms. The van der Waals surface area contributed by atoms with Crippen LogP contribution < -0.4 is 5.32 Å². The van der Waals surface area contributed by atoms with E-state index in [2.05, 4.69) is 24.2 Å². The van der Waals surface area contributed by atoms with Crippen LogP contribution in [0.4, 0.5) is 0 Å². The Morgan fingerprint density at radius 1 is 1.05 bits per heavy atom. The third kappa shape index (κ3) is 4.44. The van der Waals surface area contributed by atoms with Crippen LogP contribution in [0.25, 0.3) is 0 Å². The topological polar surface area (TPSA) is 24.5 Å². The Morgan fingerprint density at radius 2 is 1.79 bits per heavy atom. The van der Waals surface area contributed by atoms with Crippen LogP contribution in [0.1, 0.15) is 58.3 Å². The largest absolute Gasteiger partial charge is 0.381 e. The number of nitrogens with zero attached hydrogens (tertiary/aromatic N) is 1. The highest BCUT2D eigenvalue weighted by molar-refractivity contribution is 4.89. The summed E-state index contributed by atoms with van der Waals surface area (Å²) in [6.45, 7) is 5.34. The first-order valence-corrected chi connectivity index (χ1v) is 8.36. The Hall–Kier alpha value is -0.120. The number of rotatable bonds is 5. The summed E-state index contributed by atoms with van der Waals surface area (Å²) in [4.78, 5) is 2.68. The summed E-state index contributed by atoms with van der Waals surface area (Å²) < 4.78 is 5.51. The second kappa shape index (κ2) is 8.23. The number of hydrogen-bond donors (Lipinski definition) is 1. The molecule has 2 unspecified atom stereocenters. The number of ether oxygens (including phenoxy) is 1. The van der Waals surface area contributed by atoms with Crippen molar-refractivity contribution in [3.8, 4) is 0 Å². The van der Waals surface area contributed by atoms with E-state index in [1.165, 1.54) is 57.9 Å². The SMILES string of the molecule is CCCNC1CCCCCC1N(C)C1CCOCC1. The molecule has 1 aliphatic heterocycles. The summed E-state index contributed by atoms with van der Waals surface area (Å²) in [6, 6.07) is 2.18. The predicted octanol–water partition coefficient (Wildman–Crippen LogP) is 2.80. The third-order valence-electron chi connectivity index (χ3n) is 4.93. The van der Waals surface area contributed by atoms with Gasteiger partial charge in [-0.2, -0.15) is 0 Å². The minimum atomic E-state index is 0.704. The van der Waals surface area contributed by atoms with Crippen molar-refractivity contribution < 1.29 is 4.74 Å². The van der Waals surface area contributed by atoms with E-state index in [-0.39, 0.29) is 0 Å². The van der Waals surface area contributed by atoms with Crippen molar-refractivity contribution in [1.29, 1.82) is 0 Å². The molecule has 1 aliphatic carbocycles. The maximum absolute atomic E-state index is 5.51. The fourth-order valence-corrected chi connectivity index (χ4v) is 3.71. The molecule has 2 aliphatic rings. The van der Waals surface area contributed by atoms with Gasteiger partial charge >= 0.3 is 0 Å². The minimum absolute atomic E-state index is 0.704. The lowest BCUT2D eigenvalue weighted by Crippen LogP contribution is -2.52. The molecule has 0 aromatic heterocycles. The summed E-state index contributed by atoms with van der Waals surface area (Å²) in [7, 11) is 2.35. The Labute approximate surface area is 119 Å². The maximum Gasteiger partial charge on any atom is 0.0480 e. The van der Waals surface area contributed by atoms with E-state index >= 15 is 0 Å². The molecule has 19 heavy (non-hydrogen) atoms. The monoisotopic (exact) mass is 268 g/mol. The number of nitrogens with one attached hydrogen (secondary N) is 1. The molecule has 0 radical (unpaired) electrons. The second-order valence-corrected chi connectivity index (χ2v) is 6.27. The lowest BCUT2D eigenvalue weighted by Gasteiger charge is -2.40. The third-order valence-corrected chi connectivity index (χ3v) is 4.93. The first-order valence-electron chi connectivity index (χ1n) is 8.36. The highest BCUT2D eigenvalue weighted by Gasteiger charge is 2.31. The van der Waals surface area contributed by atoms with E-state index in [0.29, 0.717) is 6.04 Å². The molecule has 0 aromatic rings. The number of likely N-dealkylation sites (N-methyl/N-ethyl adjacent to an activating group) is 1.